The predicted octanol–water partition coefficient (Wildman–Crippen LogP) is 11.2. The van der Waals surface area contributed by atoms with Crippen molar-refractivity contribution in [1.29, 1.82) is 0 Å². The fourth-order valence-electron chi connectivity index (χ4n) is 6.35. The average Bonchev–Trinajstić information content (AvgIpc) is 3.04. The van der Waals surface area contributed by atoms with E-state index in [1.54, 1.807) is 0 Å². The molecule has 4 aromatic carbocycles. The second-order valence-corrected chi connectivity index (χ2v) is 14.1. The zero-order chi connectivity index (χ0) is 32.5. The number of aliphatic hydroxyl groups is 2. The van der Waals surface area contributed by atoms with Crippen molar-refractivity contribution in [3.05, 3.63) is 130 Å². The average molecular weight is 607 g/mol. The first-order valence-electron chi connectivity index (χ1n) is 16.9. The van der Waals surface area contributed by atoms with E-state index in [0.29, 0.717) is 12.8 Å². The molecule has 3 heteroatoms. The molecule has 2 N–H and O–H groups in total. The fraction of sp³-hybridized carbons (Fsp3) is 0.429. The Morgan fingerprint density at radius 2 is 0.911 bits per heavy atom. The van der Waals surface area contributed by atoms with Crippen molar-refractivity contribution in [3.8, 4) is 11.5 Å². The SMILES string of the molecule is CCCCC(C)(C)C(O)c1cccc(Oc2cccc(C(O)C(C)(C)CCCC)c2Cc2ccccc2)c1Cc1ccccc1. The molecule has 0 saturated carbocycles. The molecule has 0 fully saturated rings. The molecule has 240 valence electrons. The normalized spacial score (nSPS) is 13.4. The third-order valence-corrected chi connectivity index (χ3v) is 9.42. The first kappa shape index (κ1) is 34.5. The van der Waals surface area contributed by atoms with E-state index >= 15 is 0 Å². The molecule has 0 heterocycles. The molecule has 0 aliphatic carbocycles. The lowest BCUT2D eigenvalue weighted by atomic mass is 9.76. The van der Waals surface area contributed by atoms with Crippen molar-refractivity contribution in [2.24, 2.45) is 10.8 Å². The summed E-state index contributed by atoms with van der Waals surface area (Å²) >= 11 is 0. The minimum absolute atomic E-state index is 0.285. The Bertz CT molecular complexity index is 1360. The Morgan fingerprint density at radius 3 is 1.27 bits per heavy atom. The summed E-state index contributed by atoms with van der Waals surface area (Å²) in [7, 11) is 0. The molecule has 0 aliphatic rings. The summed E-state index contributed by atoms with van der Waals surface area (Å²) in [4.78, 5) is 0. The summed E-state index contributed by atoms with van der Waals surface area (Å²) in [6.07, 6.45) is 6.23. The Morgan fingerprint density at radius 1 is 0.533 bits per heavy atom. The highest BCUT2D eigenvalue weighted by Crippen LogP contribution is 2.45. The summed E-state index contributed by atoms with van der Waals surface area (Å²) in [5.41, 5.74) is 5.60. The summed E-state index contributed by atoms with van der Waals surface area (Å²) < 4.78 is 6.93. The molecule has 0 bridgehead atoms. The molecule has 0 aromatic heterocycles. The molecule has 0 saturated heterocycles. The topological polar surface area (TPSA) is 49.7 Å². The van der Waals surface area contributed by atoms with Gasteiger partial charge in [0.05, 0.1) is 12.2 Å². The number of benzene rings is 4. The second-order valence-electron chi connectivity index (χ2n) is 14.1. The van der Waals surface area contributed by atoms with Crippen molar-refractivity contribution in [1.82, 2.24) is 0 Å². The first-order chi connectivity index (χ1) is 21.6. The van der Waals surface area contributed by atoms with Crippen LogP contribution in [0.15, 0.2) is 97.1 Å². The van der Waals surface area contributed by atoms with E-state index in [1.807, 2.05) is 36.4 Å². The highest BCUT2D eigenvalue weighted by molar-refractivity contribution is 5.51. The van der Waals surface area contributed by atoms with Gasteiger partial charge in [-0.2, -0.15) is 0 Å². The van der Waals surface area contributed by atoms with Crippen molar-refractivity contribution in [2.45, 2.75) is 105 Å². The van der Waals surface area contributed by atoms with Gasteiger partial charge in [0.1, 0.15) is 11.5 Å². The minimum atomic E-state index is -0.636. The van der Waals surface area contributed by atoms with Crippen LogP contribution < -0.4 is 4.74 Å². The predicted molar refractivity (Wildman–Crippen MR) is 188 cm³/mol. The molecule has 0 spiro atoms. The summed E-state index contributed by atoms with van der Waals surface area (Å²) in [5, 5.41) is 23.7. The number of hydrogen-bond acceptors (Lipinski definition) is 3. The number of ether oxygens (including phenoxy) is 1. The summed E-state index contributed by atoms with van der Waals surface area (Å²) in [6.45, 7) is 13.0. The maximum atomic E-state index is 11.9. The van der Waals surface area contributed by atoms with Gasteiger partial charge in [0.15, 0.2) is 0 Å². The summed E-state index contributed by atoms with van der Waals surface area (Å²) in [5.74, 6) is 1.49. The van der Waals surface area contributed by atoms with Crippen LogP contribution in [-0.2, 0) is 12.8 Å². The molecule has 0 aliphatic heterocycles. The summed E-state index contributed by atoms with van der Waals surface area (Å²) in [6, 6.07) is 33.0. The third kappa shape index (κ3) is 8.87. The van der Waals surface area contributed by atoms with Crippen molar-refractivity contribution >= 4 is 0 Å². The second kappa shape index (κ2) is 15.7. The molecule has 3 nitrogen and oxygen atoms in total. The van der Waals surface area contributed by atoms with Gasteiger partial charge in [0.2, 0.25) is 0 Å². The van der Waals surface area contributed by atoms with Crippen LogP contribution in [0.1, 0.15) is 126 Å². The molecular formula is C42H54O3. The quantitative estimate of drug-likeness (QED) is 0.133. The molecule has 4 rings (SSSR count). The lowest BCUT2D eigenvalue weighted by Crippen LogP contribution is -2.24. The van der Waals surface area contributed by atoms with Gasteiger partial charge in [0, 0.05) is 24.0 Å². The van der Waals surface area contributed by atoms with Gasteiger partial charge in [-0.25, -0.2) is 0 Å². The van der Waals surface area contributed by atoms with Crippen molar-refractivity contribution in [3.63, 3.8) is 0 Å². The van der Waals surface area contributed by atoms with Crippen LogP contribution in [0.2, 0.25) is 0 Å². The zero-order valence-corrected chi connectivity index (χ0v) is 28.4. The maximum Gasteiger partial charge on any atom is 0.131 e. The van der Waals surface area contributed by atoms with Gasteiger partial charge in [-0.1, -0.05) is 152 Å². The van der Waals surface area contributed by atoms with E-state index < -0.39 is 12.2 Å². The van der Waals surface area contributed by atoms with Gasteiger partial charge in [0.25, 0.3) is 0 Å². The van der Waals surface area contributed by atoms with Crippen molar-refractivity contribution in [2.75, 3.05) is 0 Å². The Kier molecular flexibility index (Phi) is 12.1. The zero-order valence-electron chi connectivity index (χ0n) is 28.4. The highest BCUT2D eigenvalue weighted by Gasteiger charge is 2.33. The van der Waals surface area contributed by atoms with Gasteiger partial charge in [-0.05, 0) is 58.1 Å². The molecule has 4 aromatic rings. The van der Waals surface area contributed by atoms with Crippen LogP contribution >= 0.6 is 0 Å². The molecule has 2 atom stereocenters. The number of rotatable bonds is 16. The number of hydrogen-bond donors (Lipinski definition) is 2. The van der Waals surface area contributed by atoms with E-state index in [-0.39, 0.29) is 10.8 Å². The van der Waals surface area contributed by atoms with Crippen LogP contribution in [-0.4, -0.2) is 10.2 Å². The van der Waals surface area contributed by atoms with E-state index in [0.717, 1.165) is 72.3 Å². The van der Waals surface area contributed by atoms with E-state index in [4.69, 9.17) is 4.74 Å². The highest BCUT2D eigenvalue weighted by atomic mass is 16.5. The Hall–Kier alpha value is -3.40. The number of aliphatic hydroxyl groups excluding tert-OH is 2. The van der Waals surface area contributed by atoms with Crippen LogP contribution in [0, 0.1) is 10.8 Å². The van der Waals surface area contributed by atoms with E-state index in [1.165, 1.54) is 11.1 Å². The monoisotopic (exact) mass is 606 g/mol. The van der Waals surface area contributed by atoms with Crippen molar-refractivity contribution < 1.29 is 14.9 Å². The Labute approximate surface area is 272 Å². The molecule has 2 unspecified atom stereocenters. The molecule has 45 heavy (non-hydrogen) atoms. The molecule has 0 amide bonds. The fourth-order valence-corrected chi connectivity index (χ4v) is 6.35. The number of unbranched alkanes of at least 4 members (excludes halogenated alkanes) is 2. The largest absolute Gasteiger partial charge is 0.457 e. The molecular weight excluding hydrogens is 552 g/mol. The minimum Gasteiger partial charge on any atom is -0.457 e. The van der Waals surface area contributed by atoms with Gasteiger partial charge >= 0.3 is 0 Å². The van der Waals surface area contributed by atoms with Crippen LogP contribution in [0.4, 0.5) is 0 Å². The van der Waals surface area contributed by atoms with Gasteiger partial charge < -0.3 is 14.9 Å². The van der Waals surface area contributed by atoms with Crippen LogP contribution in [0.5, 0.6) is 11.5 Å². The standard InChI is InChI=1S/C42H54O3/c1-7-9-27-41(3,4)39(43)33-23-17-25-37(35(33)29-31-19-13-11-14-20-31)45-38-26-18-24-34(40(44)42(5,6)28-10-8-2)36(38)30-32-21-15-12-16-22-32/h11-26,39-40,43-44H,7-10,27-30H2,1-6H3. The van der Waals surface area contributed by atoms with Crippen LogP contribution in [0.3, 0.4) is 0 Å². The van der Waals surface area contributed by atoms with E-state index in [2.05, 4.69) is 102 Å². The lowest BCUT2D eigenvalue weighted by Gasteiger charge is -2.33. The van der Waals surface area contributed by atoms with Crippen LogP contribution in [0.25, 0.3) is 0 Å². The van der Waals surface area contributed by atoms with Gasteiger partial charge in [-0.3, -0.25) is 0 Å². The first-order valence-corrected chi connectivity index (χ1v) is 16.9. The Balaban J connectivity index is 1.83. The lowest BCUT2D eigenvalue weighted by molar-refractivity contribution is 0.0404. The smallest absolute Gasteiger partial charge is 0.131 e. The third-order valence-electron chi connectivity index (χ3n) is 9.42. The molecule has 0 radical (unpaired) electrons. The van der Waals surface area contributed by atoms with Gasteiger partial charge in [-0.15, -0.1) is 0 Å². The van der Waals surface area contributed by atoms with E-state index in [9.17, 15) is 10.2 Å². The maximum absolute atomic E-state index is 11.9.